The lowest BCUT2D eigenvalue weighted by atomic mass is 10.2. The minimum atomic E-state index is -0.164. The van der Waals surface area contributed by atoms with Crippen LogP contribution in [0, 0.1) is 13.8 Å². The third-order valence-electron chi connectivity index (χ3n) is 4.69. The van der Waals surface area contributed by atoms with E-state index in [1.54, 1.807) is 0 Å². The van der Waals surface area contributed by atoms with Gasteiger partial charge in [-0.05, 0) is 63.1 Å². The van der Waals surface area contributed by atoms with Crippen molar-refractivity contribution in [3.05, 3.63) is 27.9 Å². The van der Waals surface area contributed by atoms with Crippen LogP contribution < -0.4 is 0 Å². The van der Waals surface area contributed by atoms with Crippen molar-refractivity contribution >= 4 is 29.0 Å². The molecule has 0 unspecified atom stereocenters. The largest absolute Gasteiger partial charge is 0.346 e. The summed E-state index contributed by atoms with van der Waals surface area (Å²) < 4.78 is 2.41. The number of carbonyl (C=O) groups excluding carboxylic acids is 2. The summed E-state index contributed by atoms with van der Waals surface area (Å²) in [4.78, 5) is 25.9. The van der Waals surface area contributed by atoms with Crippen molar-refractivity contribution in [2.75, 3.05) is 6.54 Å². The second kappa shape index (κ2) is 5.95. The Morgan fingerprint density at radius 3 is 2.55 bits per heavy atom. The Kier molecular flexibility index (Phi) is 4.17. The summed E-state index contributed by atoms with van der Waals surface area (Å²) in [7, 11) is 0. The molecule has 1 aromatic rings. The van der Waals surface area contributed by atoms with Gasteiger partial charge in [-0.1, -0.05) is 12.8 Å². The molecule has 1 saturated heterocycles. The summed E-state index contributed by atoms with van der Waals surface area (Å²) in [6.45, 7) is 6.50. The van der Waals surface area contributed by atoms with E-state index in [1.165, 1.54) is 42.0 Å². The monoisotopic (exact) mass is 318 g/mol. The fourth-order valence-electron chi connectivity index (χ4n) is 3.59. The molecule has 0 bridgehead atoms. The molecule has 1 saturated carbocycles. The molecule has 1 aromatic heterocycles. The highest BCUT2D eigenvalue weighted by molar-refractivity contribution is 8.18. The second-order valence-corrected chi connectivity index (χ2v) is 7.05. The number of hydrogen-bond acceptors (Lipinski definition) is 3. The lowest BCUT2D eigenvalue weighted by molar-refractivity contribution is -0.122. The maximum absolute atomic E-state index is 12.2. The molecule has 1 aliphatic heterocycles. The smallest absolute Gasteiger partial charge is 0.293 e. The van der Waals surface area contributed by atoms with Gasteiger partial charge >= 0.3 is 0 Å². The molecule has 118 valence electrons. The zero-order valence-electron chi connectivity index (χ0n) is 13.4. The fourth-order valence-corrected chi connectivity index (χ4v) is 4.48. The third-order valence-corrected chi connectivity index (χ3v) is 5.60. The Balaban J connectivity index is 1.93. The van der Waals surface area contributed by atoms with E-state index in [4.69, 9.17) is 0 Å². The van der Waals surface area contributed by atoms with Crippen molar-refractivity contribution < 1.29 is 9.59 Å². The molecule has 2 fully saturated rings. The Bertz CT molecular complexity index is 654. The number of amides is 2. The van der Waals surface area contributed by atoms with Crippen LogP contribution in [-0.2, 0) is 4.79 Å². The molecule has 0 atom stereocenters. The van der Waals surface area contributed by atoms with Crippen molar-refractivity contribution in [1.82, 2.24) is 9.47 Å². The first-order chi connectivity index (χ1) is 10.5. The number of nitrogens with zero attached hydrogens (tertiary/aromatic N) is 2. The molecule has 0 spiro atoms. The van der Waals surface area contributed by atoms with Gasteiger partial charge in [0.15, 0.2) is 0 Å². The van der Waals surface area contributed by atoms with Crippen LogP contribution in [0.2, 0.25) is 0 Å². The maximum Gasteiger partial charge on any atom is 0.293 e. The summed E-state index contributed by atoms with van der Waals surface area (Å²) >= 11 is 1.05. The van der Waals surface area contributed by atoms with Gasteiger partial charge < -0.3 is 4.57 Å². The van der Waals surface area contributed by atoms with Crippen LogP contribution in [0.1, 0.15) is 55.6 Å². The van der Waals surface area contributed by atoms with E-state index in [1.807, 2.05) is 13.0 Å². The van der Waals surface area contributed by atoms with E-state index in [0.717, 1.165) is 17.3 Å². The van der Waals surface area contributed by atoms with Gasteiger partial charge in [-0.15, -0.1) is 0 Å². The molecule has 2 amide bonds. The topological polar surface area (TPSA) is 42.3 Å². The zero-order valence-corrected chi connectivity index (χ0v) is 14.2. The third kappa shape index (κ3) is 2.51. The van der Waals surface area contributed by atoms with E-state index in [-0.39, 0.29) is 11.1 Å². The van der Waals surface area contributed by atoms with Gasteiger partial charge in [0.2, 0.25) is 0 Å². The fraction of sp³-hybridized carbons (Fsp3) is 0.529. The van der Waals surface area contributed by atoms with Crippen molar-refractivity contribution in [3.8, 4) is 0 Å². The number of rotatable bonds is 3. The average Bonchev–Trinajstić information content (AvgIpc) is 3.13. The Labute approximate surface area is 135 Å². The van der Waals surface area contributed by atoms with E-state index >= 15 is 0 Å². The Morgan fingerprint density at radius 1 is 1.27 bits per heavy atom. The highest BCUT2D eigenvalue weighted by Gasteiger charge is 2.34. The van der Waals surface area contributed by atoms with Crippen molar-refractivity contribution in [2.45, 2.75) is 52.5 Å². The minimum Gasteiger partial charge on any atom is -0.346 e. The number of likely N-dealkylation sites (N-methyl/N-ethyl adjacent to an activating group) is 1. The summed E-state index contributed by atoms with van der Waals surface area (Å²) in [5.41, 5.74) is 3.50. The molecular formula is C17H22N2O2S. The van der Waals surface area contributed by atoms with Crippen LogP contribution in [0.25, 0.3) is 6.08 Å². The van der Waals surface area contributed by atoms with Gasteiger partial charge in [-0.2, -0.15) is 0 Å². The van der Waals surface area contributed by atoms with Crippen molar-refractivity contribution in [3.63, 3.8) is 0 Å². The van der Waals surface area contributed by atoms with E-state index < -0.39 is 0 Å². The number of carbonyl (C=O) groups is 2. The first-order valence-electron chi connectivity index (χ1n) is 7.96. The van der Waals surface area contributed by atoms with Crippen molar-refractivity contribution in [1.29, 1.82) is 0 Å². The Hall–Kier alpha value is -1.49. The lowest BCUT2D eigenvalue weighted by Crippen LogP contribution is -2.27. The van der Waals surface area contributed by atoms with Crippen LogP contribution in [0.4, 0.5) is 4.79 Å². The molecule has 2 aliphatic rings. The molecule has 5 heteroatoms. The maximum atomic E-state index is 12.2. The van der Waals surface area contributed by atoms with Crippen LogP contribution >= 0.6 is 11.8 Å². The molecule has 0 N–H and O–H groups in total. The highest BCUT2D eigenvalue weighted by atomic mass is 32.2. The van der Waals surface area contributed by atoms with Gasteiger partial charge in [0.05, 0.1) is 4.91 Å². The van der Waals surface area contributed by atoms with Crippen LogP contribution in [0.5, 0.6) is 0 Å². The predicted octanol–water partition coefficient (Wildman–Crippen LogP) is 4.28. The number of aromatic nitrogens is 1. The molecule has 0 radical (unpaired) electrons. The molecule has 0 aromatic carbocycles. The summed E-state index contributed by atoms with van der Waals surface area (Å²) in [5, 5.41) is -0.164. The standard InChI is InChI=1S/C17H22N2O2S/c1-4-18-16(20)15(22-17(18)21)10-13-9-11(2)19(12(13)3)14-7-5-6-8-14/h9-10,14H,4-8H2,1-3H3/b15-10-. The summed E-state index contributed by atoms with van der Waals surface area (Å²) in [5.74, 6) is -0.164. The highest BCUT2D eigenvalue weighted by Crippen LogP contribution is 2.36. The number of aryl methyl sites for hydroxylation is 1. The summed E-state index contributed by atoms with van der Waals surface area (Å²) in [6.07, 6.45) is 6.96. The minimum absolute atomic E-state index is 0.164. The molecule has 4 nitrogen and oxygen atoms in total. The quantitative estimate of drug-likeness (QED) is 0.781. The van der Waals surface area contributed by atoms with Crippen molar-refractivity contribution in [2.24, 2.45) is 0 Å². The molecule has 22 heavy (non-hydrogen) atoms. The number of imide groups is 1. The average molecular weight is 318 g/mol. The van der Waals surface area contributed by atoms with Gasteiger partial charge in [0.25, 0.3) is 11.1 Å². The van der Waals surface area contributed by atoms with Gasteiger partial charge in [0, 0.05) is 24.0 Å². The number of thioether (sulfide) groups is 1. The first kappa shape index (κ1) is 15.4. The normalized spacial score (nSPS) is 21.6. The SMILES string of the molecule is CCN1C(=O)S/C(=C\c2cc(C)n(C3CCCC3)c2C)C1=O. The van der Waals surface area contributed by atoms with Gasteiger partial charge in [-0.3, -0.25) is 14.5 Å². The molecular weight excluding hydrogens is 296 g/mol. The van der Waals surface area contributed by atoms with E-state index in [9.17, 15) is 9.59 Å². The molecule has 3 rings (SSSR count). The first-order valence-corrected chi connectivity index (χ1v) is 8.78. The van der Waals surface area contributed by atoms with Crippen LogP contribution in [-0.4, -0.2) is 27.2 Å². The van der Waals surface area contributed by atoms with E-state index in [0.29, 0.717) is 17.5 Å². The van der Waals surface area contributed by atoms with Crippen LogP contribution in [0.3, 0.4) is 0 Å². The number of hydrogen-bond donors (Lipinski definition) is 0. The lowest BCUT2D eigenvalue weighted by Gasteiger charge is -2.17. The molecule has 1 aliphatic carbocycles. The van der Waals surface area contributed by atoms with Crippen LogP contribution in [0.15, 0.2) is 11.0 Å². The van der Waals surface area contributed by atoms with E-state index in [2.05, 4.69) is 24.5 Å². The second-order valence-electron chi connectivity index (χ2n) is 6.06. The van der Waals surface area contributed by atoms with Gasteiger partial charge in [0.1, 0.15) is 0 Å². The molecule has 2 heterocycles. The van der Waals surface area contributed by atoms with Gasteiger partial charge in [-0.25, -0.2) is 0 Å². The Morgan fingerprint density at radius 2 is 1.95 bits per heavy atom. The zero-order chi connectivity index (χ0) is 15.9. The predicted molar refractivity (Wildman–Crippen MR) is 89.8 cm³/mol. The summed E-state index contributed by atoms with van der Waals surface area (Å²) in [6, 6.07) is 2.72.